The fourth-order valence-corrected chi connectivity index (χ4v) is 4.19. The Kier molecular flexibility index (Phi) is 4.90. The fraction of sp³-hybridized carbons (Fsp3) is 0.769. The number of aromatic nitrogens is 2. The molecular formula is C13H25N5O2S. The molecule has 0 spiro atoms. The molecule has 1 fully saturated rings. The summed E-state index contributed by atoms with van der Waals surface area (Å²) < 4.78 is 29.0. The number of nitrogens with one attached hydrogen (secondary N) is 1. The number of hydrogen-bond acceptors (Lipinski definition) is 5. The Balaban J connectivity index is 1.99. The summed E-state index contributed by atoms with van der Waals surface area (Å²) in [6.45, 7) is 7.46. The second-order valence-electron chi connectivity index (χ2n) is 5.65. The van der Waals surface area contributed by atoms with Crippen molar-refractivity contribution in [1.29, 1.82) is 0 Å². The molecular weight excluding hydrogens is 290 g/mol. The van der Waals surface area contributed by atoms with Crippen molar-refractivity contribution in [3.05, 3.63) is 5.69 Å². The van der Waals surface area contributed by atoms with Crippen molar-refractivity contribution in [1.82, 2.24) is 19.4 Å². The number of anilines is 1. The van der Waals surface area contributed by atoms with E-state index in [1.807, 2.05) is 0 Å². The minimum atomic E-state index is -3.59. The predicted octanol–water partition coefficient (Wildman–Crippen LogP) is 0.321. The normalized spacial score (nSPS) is 18.2. The van der Waals surface area contributed by atoms with Crippen molar-refractivity contribution in [2.45, 2.75) is 31.6 Å². The van der Waals surface area contributed by atoms with Gasteiger partial charge in [0, 0.05) is 13.6 Å². The molecule has 1 aliphatic rings. The molecule has 7 nitrogen and oxygen atoms in total. The van der Waals surface area contributed by atoms with Gasteiger partial charge in [-0.2, -0.15) is 5.10 Å². The maximum Gasteiger partial charge on any atom is 0.246 e. The van der Waals surface area contributed by atoms with Crippen LogP contribution in [0.4, 0.5) is 5.82 Å². The molecule has 1 aliphatic heterocycles. The lowest BCUT2D eigenvalue weighted by molar-refractivity contribution is 0.194. The highest BCUT2D eigenvalue weighted by atomic mass is 32.2. The second-order valence-corrected chi connectivity index (χ2v) is 7.36. The molecule has 1 aromatic rings. The molecule has 0 atom stereocenters. The zero-order valence-corrected chi connectivity index (χ0v) is 13.8. The summed E-state index contributed by atoms with van der Waals surface area (Å²) in [5, 5.41) is 3.96. The number of sulfonamides is 1. The van der Waals surface area contributed by atoms with E-state index in [-0.39, 0.29) is 10.7 Å². The summed E-state index contributed by atoms with van der Waals surface area (Å²) in [5.74, 6) is 0.448. The maximum atomic E-state index is 12.4. The van der Waals surface area contributed by atoms with E-state index >= 15 is 0 Å². The van der Waals surface area contributed by atoms with Crippen molar-refractivity contribution in [3.8, 4) is 0 Å². The topological polar surface area (TPSA) is 93.2 Å². The van der Waals surface area contributed by atoms with Crippen LogP contribution in [0.1, 0.15) is 25.5 Å². The third-order valence-corrected chi connectivity index (χ3v) is 5.88. The van der Waals surface area contributed by atoms with Crippen LogP contribution < -0.4 is 10.5 Å². The van der Waals surface area contributed by atoms with Crippen LogP contribution in [-0.2, 0) is 17.1 Å². The van der Waals surface area contributed by atoms with Gasteiger partial charge in [0.2, 0.25) is 10.0 Å². The average Bonchev–Trinajstić information content (AvgIpc) is 2.71. The van der Waals surface area contributed by atoms with Gasteiger partial charge in [0.15, 0.2) is 5.82 Å². The van der Waals surface area contributed by atoms with Crippen LogP contribution in [0.2, 0.25) is 0 Å². The van der Waals surface area contributed by atoms with Gasteiger partial charge < -0.3 is 10.6 Å². The Bertz CT molecular complexity index is 588. The smallest absolute Gasteiger partial charge is 0.246 e. The van der Waals surface area contributed by atoms with Gasteiger partial charge in [-0.3, -0.25) is 4.68 Å². The van der Waals surface area contributed by atoms with Gasteiger partial charge in [-0.05, 0) is 45.3 Å². The lowest BCUT2D eigenvalue weighted by Crippen LogP contribution is -2.38. The molecule has 3 N–H and O–H groups in total. The highest BCUT2D eigenvalue weighted by molar-refractivity contribution is 7.89. The van der Waals surface area contributed by atoms with Crippen molar-refractivity contribution >= 4 is 15.8 Å². The third-order valence-electron chi connectivity index (χ3n) is 4.29. The van der Waals surface area contributed by atoms with Gasteiger partial charge >= 0.3 is 0 Å². The van der Waals surface area contributed by atoms with Crippen LogP contribution in [0, 0.1) is 12.8 Å². The van der Waals surface area contributed by atoms with Crippen LogP contribution in [0.3, 0.4) is 0 Å². The monoisotopic (exact) mass is 315 g/mol. The lowest BCUT2D eigenvalue weighted by atomic mass is 9.97. The van der Waals surface area contributed by atoms with E-state index < -0.39 is 10.0 Å². The number of rotatable bonds is 5. The van der Waals surface area contributed by atoms with E-state index in [0.29, 0.717) is 18.2 Å². The summed E-state index contributed by atoms with van der Waals surface area (Å²) in [7, 11) is -1.91. The van der Waals surface area contributed by atoms with Crippen molar-refractivity contribution in [2.24, 2.45) is 13.0 Å². The van der Waals surface area contributed by atoms with Crippen molar-refractivity contribution in [3.63, 3.8) is 0 Å². The largest absolute Gasteiger partial charge is 0.381 e. The average molecular weight is 315 g/mol. The number of nitrogens with two attached hydrogens (primary N) is 1. The molecule has 120 valence electrons. The highest BCUT2D eigenvalue weighted by Crippen LogP contribution is 2.22. The number of likely N-dealkylation sites (tertiary alicyclic amines) is 1. The molecule has 0 amide bonds. The van der Waals surface area contributed by atoms with Crippen LogP contribution in [0.25, 0.3) is 0 Å². The van der Waals surface area contributed by atoms with Gasteiger partial charge in [-0.1, -0.05) is 6.92 Å². The van der Waals surface area contributed by atoms with Crippen LogP contribution >= 0.6 is 0 Å². The van der Waals surface area contributed by atoms with Gasteiger partial charge in [0.05, 0.1) is 5.69 Å². The van der Waals surface area contributed by atoms with E-state index in [9.17, 15) is 8.42 Å². The minimum Gasteiger partial charge on any atom is -0.381 e. The SMILES string of the molecule is CCN1CCC(CNS(=O)(=O)c2c(N)nn(C)c2C)CC1. The first-order valence-electron chi connectivity index (χ1n) is 7.36. The molecule has 21 heavy (non-hydrogen) atoms. The van der Waals surface area contributed by atoms with E-state index in [2.05, 4.69) is 21.6 Å². The first-order chi connectivity index (χ1) is 9.85. The van der Waals surface area contributed by atoms with Gasteiger partial charge in [0.1, 0.15) is 4.90 Å². The molecule has 8 heteroatoms. The highest BCUT2D eigenvalue weighted by Gasteiger charge is 2.26. The van der Waals surface area contributed by atoms with E-state index in [4.69, 9.17) is 5.73 Å². The second kappa shape index (κ2) is 6.33. The van der Waals surface area contributed by atoms with E-state index in [0.717, 1.165) is 32.5 Å². The predicted molar refractivity (Wildman–Crippen MR) is 82.4 cm³/mol. The summed E-state index contributed by atoms with van der Waals surface area (Å²) in [6, 6.07) is 0. The fourth-order valence-electron chi connectivity index (χ4n) is 2.75. The number of hydrogen-bond donors (Lipinski definition) is 2. The number of aryl methyl sites for hydroxylation is 1. The molecule has 0 aromatic carbocycles. The number of nitrogens with zero attached hydrogens (tertiary/aromatic N) is 3. The molecule has 0 radical (unpaired) electrons. The summed E-state index contributed by atoms with van der Waals surface area (Å²) in [4.78, 5) is 2.49. The molecule has 0 bridgehead atoms. The Morgan fingerprint density at radius 1 is 1.38 bits per heavy atom. The standard InChI is InChI=1S/C13H25N5O2S/c1-4-18-7-5-11(6-8-18)9-15-21(19,20)12-10(2)17(3)16-13(12)14/h11,15H,4-9H2,1-3H3,(H2,14,16). The van der Waals surface area contributed by atoms with E-state index in [1.165, 1.54) is 4.68 Å². The minimum absolute atomic E-state index is 0.0586. The van der Waals surface area contributed by atoms with Crippen LogP contribution in [0.5, 0.6) is 0 Å². The van der Waals surface area contributed by atoms with E-state index in [1.54, 1.807) is 14.0 Å². The molecule has 1 saturated heterocycles. The Morgan fingerprint density at radius 3 is 2.48 bits per heavy atom. The molecule has 0 unspecified atom stereocenters. The maximum absolute atomic E-state index is 12.4. The third kappa shape index (κ3) is 3.56. The molecule has 2 rings (SSSR count). The molecule has 2 heterocycles. The van der Waals surface area contributed by atoms with Crippen LogP contribution in [0.15, 0.2) is 4.90 Å². The summed E-state index contributed by atoms with van der Waals surface area (Å²) in [5.41, 5.74) is 6.27. The summed E-state index contributed by atoms with van der Waals surface area (Å²) in [6.07, 6.45) is 2.05. The summed E-state index contributed by atoms with van der Waals surface area (Å²) >= 11 is 0. The number of piperidine rings is 1. The molecule has 0 saturated carbocycles. The van der Waals surface area contributed by atoms with Gasteiger partial charge in [0.25, 0.3) is 0 Å². The zero-order chi connectivity index (χ0) is 15.6. The molecule has 0 aliphatic carbocycles. The number of nitrogen functional groups attached to an aromatic ring is 1. The Labute approximate surface area is 126 Å². The van der Waals surface area contributed by atoms with Crippen molar-refractivity contribution < 1.29 is 8.42 Å². The zero-order valence-electron chi connectivity index (χ0n) is 13.0. The first kappa shape index (κ1) is 16.3. The van der Waals surface area contributed by atoms with Gasteiger partial charge in [-0.25, -0.2) is 13.1 Å². The first-order valence-corrected chi connectivity index (χ1v) is 8.84. The van der Waals surface area contributed by atoms with Gasteiger partial charge in [-0.15, -0.1) is 0 Å². The molecule has 1 aromatic heterocycles. The Hall–Kier alpha value is -1.12. The quantitative estimate of drug-likeness (QED) is 0.816. The lowest BCUT2D eigenvalue weighted by Gasteiger charge is -2.30. The van der Waals surface area contributed by atoms with Crippen molar-refractivity contribution in [2.75, 3.05) is 31.9 Å². The Morgan fingerprint density at radius 2 is 2.00 bits per heavy atom. The van der Waals surface area contributed by atoms with Crippen LogP contribution in [-0.4, -0.2) is 49.3 Å².